The standard InChI is InChI=1S/C33H24F7N5O6/c1-16-5-6-21(45(51-31(50)33(38,39)40)27(49)11-17-9-18(34)12-19(35)10-17)13-23(16)28-22-7-8-26(48)44(29-24(36)3-2-4-25(29)37)30(22)43-32(42-28)41-20(14-46)15-47/h2-10,12-13,20,46-47H,11,14-15H2,1H3,(H,41,42,43). The number of carbonyl (C=O) groups excluding carboxylic acids is 2. The number of halogens is 7. The number of hydroxylamine groups is 1. The Hall–Kier alpha value is -5.88. The van der Waals surface area contributed by atoms with Crippen LogP contribution in [0.1, 0.15) is 11.1 Å². The molecule has 0 fully saturated rings. The number of benzene rings is 3. The lowest BCUT2D eigenvalue weighted by atomic mass is 10.0. The first-order chi connectivity index (χ1) is 24.1. The average Bonchev–Trinajstić information content (AvgIpc) is 3.05. The maximum absolute atomic E-state index is 15.0. The molecule has 0 radical (unpaired) electrons. The van der Waals surface area contributed by atoms with Gasteiger partial charge in [-0.1, -0.05) is 12.1 Å². The van der Waals surface area contributed by atoms with Crippen LogP contribution in [0.2, 0.25) is 0 Å². The van der Waals surface area contributed by atoms with Gasteiger partial charge in [-0.15, -0.1) is 5.06 Å². The number of hydrogen-bond acceptors (Lipinski definition) is 9. The second-order valence-corrected chi connectivity index (χ2v) is 10.9. The zero-order chi connectivity index (χ0) is 37.2. The second kappa shape index (κ2) is 14.5. The minimum atomic E-state index is -5.58. The Morgan fingerprint density at radius 3 is 2.18 bits per heavy atom. The summed E-state index contributed by atoms with van der Waals surface area (Å²) in [5, 5.41) is 21.9. The maximum Gasteiger partial charge on any atom is 0.493 e. The van der Waals surface area contributed by atoms with E-state index in [0.717, 1.165) is 48.5 Å². The summed E-state index contributed by atoms with van der Waals surface area (Å²) in [5.74, 6) is -9.05. The minimum absolute atomic E-state index is 0.00985. The molecule has 18 heteroatoms. The highest BCUT2D eigenvalue weighted by atomic mass is 19.4. The number of amides is 1. The smallest absolute Gasteiger partial charge is 0.394 e. The van der Waals surface area contributed by atoms with Crippen LogP contribution < -0.4 is 15.9 Å². The fourth-order valence-electron chi connectivity index (χ4n) is 4.97. The number of alkyl halides is 3. The number of aryl methyl sites for hydroxylation is 1. The van der Waals surface area contributed by atoms with Crippen LogP contribution in [0.25, 0.3) is 28.0 Å². The topological polar surface area (TPSA) is 147 Å². The van der Waals surface area contributed by atoms with Gasteiger partial charge in [0.15, 0.2) is 5.65 Å². The fourth-order valence-corrected chi connectivity index (χ4v) is 4.97. The molecule has 1 amide bonds. The molecule has 0 saturated heterocycles. The maximum atomic E-state index is 15.0. The van der Waals surface area contributed by atoms with Crippen molar-refractivity contribution in [2.75, 3.05) is 23.6 Å². The Labute approximate surface area is 282 Å². The van der Waals surface area contributed by atoms with Crippen LogP contribution in [-0.4, -0.2) is 62.1 Å². The van der Waals surface area contributed by atoms with Gasteiger partial charge >= 0.3 is 12.1 Å². The lowest BCUT2D eigenvalue weighted by molar-refractivity contribution is -0.201. The fraction of sp³-hybridized carbons (Fsp3) is 0.182. The molecule has 2 aromatic heterocycles. The van der Waals surface area contributed by atoms with E-state index in [1.54, 1.807) is 0 Å². The lowest BCUT2D eigenvalue weighted by Crippen LogP contribution is -2.39. The van der Waals surface area contributed by atoms with Gasteiger partial charge in [0.1, 0.15) is 29.0 Å². The molecular formula is C33H24F7N5O6. The lowest BCUT2D eigenvalue weighted by Gasteiger charge is -2.23. The highest BCUT2D eigenvalue weighted by Crippen LogP contribution is 2.34. The van der Waals surface area contributed by atoms with Gasteiger partial charge in [0.05, 0.1) is 37.1 Å². The van der Waals surface area contributed by atoms with E-state index in [1.165, 1.54) is 19.1 Å². The Balaban J connectivity index is 1.75. The number of rotatable bonds is 9. The number of carbonyl (C=O) groups is 2. The summed E-state index contributed by atoms with van der Waals surface area (Å²) in [5.41, 5.74) is -2.83. The molecule has 51 heavy (non-hydrogen) atoms. The molecule has 0 atom stereocenters. The molecule has 0 unspecified atom stereocenters. The van der Waals surface area contributed by atoms with Gasteiger partial charge in [0.2, 0.25) is 5.95 Å². The Kier molecular flexibility index (Phi) is 10.4. The first-order valence-electron chi connectivity index (χ1n) is 14.7. The van der Waals surface area contributed by atoms with E-state index in [1.807, 2.05) is 0 Å². The SMILES string of the molecule is Cc1ccc(N(OC(=O)C(F)(F)F)C(=O)Cc2cc(F)cc(F)c2)cc1-c1nc(NC(CO)CO)nc2c1ccc(=O)n2-c1c(F)cccc1F. The van der Waals surface area contributed by atoms with E-state index in [-0.39, 0.29) is 27.3 Å². The normalized spacial score (nSPS) is 11.6. The number of aromatic nitrogens is 3. The van der Waals surface area contributed by atoms with E-state index >= 15 is 8.78 Å². The number of aliphatic hydroxyl groups excluding tert-OH is 2. The summed E-state index contributed by atoms with van der Waals surface area (Å²) in [6, 6.07) is 9.31. The van der Waals surface area contributed by atoms with Crippen LogP contribution in [0.3, 0.4) is 0 Å². The third kappa shape index (κ3) is 7.81. The number of nitrogens with one attached hydrogen (secondary N) is 1. The Morgan fingerprint density at radius 2 is 1.57 bits per heavy atom. The van der Waals surface area contributed by atoms with E-state index < -0.39 is 95.5 Å². The average molecular weight is 720 g/mol. The Bertz CT molecular complexity index is 2170. The minimum Gasteiger partial charge on any atom is -0.394 e. The summed E-state index contributed by atoms with van der Waals surface area (Å²) in [7, 11) is 0. The molecule has 3 aromatic carbocycles. The van der Waals surface area contributed by atoms with Crippen LogP contribution in [-0.2, 0) is 20.8 Å². The van der Waals surface area contributed by atoms with Gasteiger partial charge in [-0.2, -0.15) is 18.2 Å². The summed E-state index contributed by atoms with van der Waals surface area (Å²) in [4.78, 5) is 51.5. The predicted molar refractivity (Wildman–Crippen MR) is 167 cm³/mol. The number of hydrogen-bond donors (Lipinski definition) is 3. The molecule has 5 rings (SSSR count). The van der Waals surface area contributed by atoms with Crippen molar-refractivity contribution in [2.45, 2.75) is 25.6 Å². The van der Waals surface area contributed by atoms with Gasteiger partial charge in [0.25, 0.3) is 11.5 Å². The third-order valence-corrected chi connectivity index (χ3v) is 7.31. The molecule has 0 aliphatic rings. The number of aliphatic hydroxyl groups is 2. The Morgan fingerprint density at radius 1 is 0.922 bits per heavy atom. The zero-order valence-corrected chi connectivity index (χ0v) is 26.0. The molecule has 2 heterocycles. The number of anilines is 2. The van der Waals surface area contributed by atoms with Crippen molar-refractivity contribution in [2.24, 2.45) is 0 Å². The van der Waals surface area contributed by atoms with Crippen molar-refractivity contribution in [1.29, 1.82) is 0 Å². The highest BCUT2D eigenvalue weighted by molar-refractivity contribution is 5.98. The van der Waals surface area contributed by atoms with E-state index in [0.29, 0.717) is 16.2 Å². The van der Waals surface area contributed by atoms with Crippen molar-refractivity contribution in [3.05, 3.63) is 111 Å². The zero-order valence-electron chi connectivity index (χ0n) is 26.0. The number of fused-ring (bicyclic) bond motifs is 1. The molecule has 11 nitrogen and oxygen atoms in total. The number of para-hydroxylation sites is 1. The highest BCUT2D eigenvalue weighted by Gasteiger charge is 2.44. The summed E-state index contributed by atoms with van der Waals surface area (Å²) in [6.45, 7) is 0.199. The van der Waals surface area contributed by atoms with Crippen LogP contribution >= 0.6 is 0 Å². The molecule has 0 saturated carbocycles. The number of pyridine rings is 1. The first-order valence-corrected chi connectivity index (χ1v) is 14.7. The van der Waals surface area contributed by atoms with Crippen molar-refractivity contribution in [1.82, 2.24) is 14.5 Å². The van der Waals surface area contributed by atoms with Gasteiger partial charge in [-0.05, 0) is 60.5 Å². The van der Waals surface area contributed by atoms with Crippen molar-refractivity contribution in [3.8, 4) is 16.9 Å². The molecule has 5 aromatic rings. The van der Waals surface area contributed by atoms with Gasteiger partial charge in [-0.3, -0.25) is 14.2 Å². The summed E-state index contributed by atoms with van der Waals surface area (Å²) < 4.78 is 98.3. The van der Waals surface area contributed by atoms with E-state index in [4.69, 9.17) is 0 Å². The van der Waals surface area contributed by atoms with Crippen LogP contribution in [0.15, 0.2) is 71.5 Å². The van der Waals surface area contributed by atoms with Gasteiger partial charge in [-0.25, -0.2) is 27.3 Å². The number of nitrogens with zero attached hydrogens (tertiary/aromatic N) is 4. The van der Waals surface area contributed by atoms with Crippen LogP contribution in [0, 0.1) is 30.2 Å². The van der Waals surface area contributed by atoms with Crippen LogP contribution in [0.4, 0.5) is 42.4 Å². The van der Waals surface area contributed by atoms with Crippen molar-refractivity contribution in [3.63, 3.8) is 0 Å². The van der Waals surface area contributed by atoms with Gasteiger partial charge < -0.3 is 20.4 Å². The van der Waals surface area contributed by atoms with Crippen molar-refractivity contribution >= 4 is 34.5 Å². The molecular weight excluding hydrogens is 695 g/mol. The molecule has 0 spiro atoms. The molecule has 0 bridgehead atoms. The quantitative estimate of drug-likeness (QED) is 0.146. The largest absolute Gasteiger partial charge is 0.493 e. The third-order valence-electron chi connectivity index (χ3n) is 7.31. The predicted octanol–water partition coefficient (Wildman–Crippen LogP) is 4.67. The summed E-state index contributed by atoms with van der Waals surface area (Å²) >= 11 is 0. The monoisotopic (exact) mass is 719 g/mol. The van der Waals surface area contributed by atoms with Gasteiger partial charge in [0, 0.05) is 23.1 Å². The molecule has 0 aliphatic carbocycles. The van der Waals surface area contributed by atoms with Crippen molar-refractivity contribution < 1.29 is 55.4 Å². The second-order valence-electron chi connectivity index (χ2n) is 10.9. The van der Waals surface area contributed by atoms with E-state index in [9.17, 15) is 46.5 Å². The molecule has 0 aliphatic heterocycles. The van der Waals surface area contributed by atoms with E-state index in [2.05, 4.69) is 20.1 Å². The molecule has 3 N–H and O–H groups in total. The van der Waals surface area contributed by atoms with Crippen LogP contribution in [0.5, 0.6) is 0 Å². The molecule has 266 valence electrons. The summed E-state index contributed by atoms with van der Waals surface area (Å²) in [6.07, 6.45) is -6.51. The first kappa shape index (κ1) is 36.4.